The number of fused-ring (bicyclic) bond motifs is 1. The van der Waals surface area contributed by atoms with Crippen molar-refractivity contribution in [3.05, 3.63) is 56.6 Å². The summed E-state index contributed by atoms with van der Waals surface area (Å²) in [6, 6.07) is 1.40. The minimum absolute atomic E-state index is 0.0272. The van der Waals surface area contributed by atoms with Crippen molar-refractivity contribution in [2.45, 2.75) is 13.0 Å². The first-order chi connectivity index (χ1) is 15.2. The highest BCUT2D eigenvalue weighted by Crippen LogP contribution is 2.30. The van der Waals surface area contributed by atoms with E-state index in [9.17, 15) is 9.18 Å². The van der Waals surface area contributed by atoms with E-state index >= 15 is 0 Å². The van der Waals surface area contributed by atoms with E-state index < -0.39 is 17.4 Å². The number of halogens is 3. The predicted octanol–water partition coefficient (Wildman–Crippen LogP) is 2.33. The van der Waals surface area contributed by atoms with Crippen molar-refractivity contribution >= 4 is 57.5 Å². The standard InChI is InChI=1S/C18H15Cl2FN10O/c1-6(27-15-12(20)14(23)29-18(24)30-15)16-28-13-8(2-7(21)3-9(13)19)17(32)31(16)11-5-25-10(22)4-26-11/h2-6H,1H3,(H2,22,25)(H5,23,24,27,29,30). The molecule has 0 saturated heterocycles. The second-order valence-corrected chi connectivity index (χ2v) is 7.47. The molecule has 0 spiro atoms. The maximum atomic E-state index is 14.0. The molecule has 4 rings (SSSR count). The van der Waals surface area contributed by atoms with Crippen LogP contribution in [-0.4, -0.2) is 29.5 Å². The summed E-state index contributed by atoms with van der Waals surface area (Å²) < 4.78 is 15.1. The smallest absolute Gasteiger partial charge is 0.267 e. The second-order valence-electron chi connectivity index (χ2n) is 6.69. The third-order valence-electron chi connectivity index (χ3n) is 4.44. The van der Waals surface area contributed by atoms with Gasteiger partial charge in [-0.1, -0.05) is 23.2 Å². The molecule has 1 unspecified atom stereocenters. The molecule has 1 aromatic carbocycles. The average molecular weight is 477 g/mol. The molecular weight excluding hydrogens is 462 g/mol. The summed E-state index contributed by atoms with van der Waals surface area (Å²) in [5.74, 6) is -0.282. The monoisotopic (exact) mass is 476 g/mol. The van der Waals surface area contributed by atoms with Crippen LogP contribution in [0.5, 0.6) is 0 Å². The first kappa shape index (κ1) is 21.5. The molecule has 3 heterocycles. The van der Waals surface area contributed by atoms with Gasteiger partial charge in [-0.25, -0.2) is 23.9 Å². The lowest BCUT2D eigenvalue weighted by atomic mass is 10.2. The molecule has 0 saturated carbocycles. The van der Waals surface area contributed by atoms with Gasteiger partial charge in [0.15, 0.2) is 11.6 Å². The molecule has 14 heteroatoms. The highest BCUT2D eigenvalue weighted by Gasteiger charge is 2.22. The summed E-state index contributed by atoms with van der Waals surface area (Å²) in [5.41, 5.74) is 16.5. The Kier molecular flexibility index (Phi) is 5.40. The SMILES string of the molecule is CC(Nc1nc(N)nc(N)c1Cl)c1nc2c(Cl)cc(F)cc2c(=O)n1-c1cnc(N)cn1. The fourth-order valence-corrected chi connectivity index (χ4v) is 3.43. The van der Waals surface area contributed by atoms with Crippen LogP contribution in [0, 0.1) is 5.82 Å². The van der Waals surface area contributed by atoms with Gasteiger partial charge in [0.25, 0.3) is 5.56 Å². The van der Waals surface area contributed by atoms with Crippen LogP contribution in [0.1, 0.15) is 18.8 Å². The second kappa shape index (κ2) is 8.05. The van der Waals surface area contributed by atoms with Gasteiger partial charge in [-0.3, -0.25) is 4.79 Å². The number of nitrogens with two attached hydrogens (primary N) is 3. The molecule has 0 amide bonds. The largest absolute Gasteiger partial charge is 0.382 e. The van der Waals surface area contributed by atoms with Crippen molar-refractivity contribution in [2.24, 2.45) is 0 Å². The van der Waals surface area contributed by atoms with Gasteiger partial charge >= 0.3 is 0 Å². The fourth-order valence-electron chi connectivity index (χ4n) is 3.04. The number of nitrogens with one attached hydrogen (secondary N) is 1. The number of hydrogen-bond donors (Lipinski definition) is 4. The van der Waals surface area contributed by atoms with Crippen molar-refractivity contribution in [3.63, 3.8) is 0 Å². The number of benzene rings is 1. The van der Waals surface area contributed by atoms with Crippen LogP contribution < -0.4 is 28.1 Å². The average Bonchev–Trinajstić information content (AvgIpc) is 2.73. The highest BCUT2D eigenvalue weighted by molar-refractivity contribution is 6.35. The maximum Gasteiger partial charge on any atom is 0.267 e. The number of anilines is 4. The zero-order valence-corrected chi connectivity index (χ0v) is 17.9. The molecular formula is C18H15Cl2FN10O. The van der Waals surface area contributed by atoms with Crippen LogP contribution in [0.2, 0.25) is 10.0 Å². The minimum Gasteiger partial charge on any atom is -0.382 e. The Morgan fingerprint density at radius 2 is 1.84 bits per heavy atom. The van der Waals surface area contributed by atoms with Crippen LogP contribution in [0.4, 0.5) is 27.8 Å². The maximum absolute atomic E-state index is 14.0. The van der Waals surface area contributed by atoms with Crippen molar-refractivity contribution in [1.29, 1.82) is 0 Å². The molecule has 3 aromatic heterocycles. The summed E-state index contributed by atoms with van der Waals surface area (Å²) in [6.07, 6.45) is 2.56. The lowest BCUT2D eigenvalue weighted by Crippen LogP contribution is -2.28. The normalized spacial score (nSPS) is 12.1. The lowest BCUT2D eigenvalue weighted by molar-refractivity contribution is 0.629. The van der Waals surface area contributed by atoms with Gasteiger partial charge in [0.05, 0.1) is 34.4 Å². The topological polar surface area (TPSA) is 177 Å². The summed E-state index contributed by atoms with van der Waals surface area (Å²) in [7, 11) is 0. The Morgan fingerprint density at radius 3 is 2.53 bits per heavy atom. The third kappa shape index (κ3) is 3.81. The molecule has 0 bridgehead atoms. The van der Waals surface area contributed by atoms with E-state index in [1.54, 1.807) is 6.92 Å². The zero-order valence-electron chi connectivity index (χ0n) is 16.3. The van der Waals surface area contributed by atoms with E-state index in [4.69, 9.17) is 40.4 Å². The van der Waals surface area contributed by atoms with Gasteiger partial charge in [-0.05, 0) is 19.1 Å². The van der Waals surface area contributed by atoms with E-state index in [0.29, 0.717) is 0 Å². The van der Waals surface area contributed by atoms with E-state index in [-0.39, 0.29) is 56.0 Å². The van der Waals surface area contributed by atoms with E-state index in [1.807, 2.05) is 0 Å². The van der Waals surface area contributed by atoms with Crippen molar-refractivity contribution in [3.8, 4) is 5.82 Å². The van der Waals surface area contributed by atoms with Gasteiger partial charge in [-0.15, -0.1) is 0 Å². The van der Waals surface area contributed by atoms with Crippen LogP contribution in [0.3, 0.4) is 0 Å². The Hall–Kier alpha value is -3.77. The van der Waals surface area contributed by atoms with Gasteiger partial charge < -0.3 is 22.5 Å². The minimum atomic E-state index is -0.709. The molecule has 0 aliphatic heterocycles. The molecule has 0 aliphatic rings. The Balaban J connectivity index is 1.95. The number of hydrogen-bond acceptors (Lipinski definition) is 10. The summed E-state index contributed by atoms with van der Waals surface area (Å²) in [5, 5.41) is 2.96. The highest BCUT2D eigenvalue weighted by atomic mass is 35.5. The molecule has 0 fully saturated rings. The van der Waals surface area contributed by atoms with E-state index in [2.05, 4.69) is 30.2 Å². The Morgan fingerprint density at radius 1 is 1.09 bits per heavy atom. The molecule has 11 nitrogen and oxygen atoms in total. The van der Waals surface area contributed by atoms with Gasteiger partial charge in [0, 0.05) is 0 Å². The van der Waals surface area contributed by atoms with Crippen LogP contribution in [0.15, 0.2) is 29.3 Å². The molecule has 0 radical (unpaired) electrons. The summed E-state index contributed by atoms with van der Waals surface area (Å²) in [4.78, 5) is 33.8. The fraction of sp³-hybridized carbons (Fsp3) is 0.111. The van der Waals surface area contributed by atoms with Gasteiger partial charge in [0.1, 0.15) is 28.3 Å². The van der Waals surface area contributed by atoms with Crippen molar-refractivity contribution < 1.29 is 4.39 Å². The van der Waals surface area contributed by atoms with E-state index in [1.165, 1.54) is 12.4 Å². The van der Waals surface area contributed by atoms with Crippen molar-refractivity contribution in [1.82, 2.24) is 29.5 Å². The first-order valence-corrected chi connectivity index (χ1v) is 9.76. The Bertz CT molecular complexity index is 1410. The molecule has 1 atom stereocenters. The number of nitrogen functional groups attached to an aromatic ring is 3. The first-order valence-electron chi connectivity index (χ1n) is 9.00. The van der Waals surface area contributed by atoms with Crippen LogP contribution in [0.25, 0.3) is 16.7 Å². The third-order valence-corrected chi connectivity index (χ3v) is 5.10. The zero-order chi connectivity index (χ0) is 23.2. The molecule has 0 aliphatic carbocycles. The molecule has 32 heavy (non-hydrogen) atoms. The number of nitrogens with zero attached hydrogens (tertiary/aromatic N) is 6. The van der Waals surface area contributed by atoms with Crippen molar-refractivity contribution in [2.75, 3.05) is 22.5 Å². The van der Waals surface area contributed by atoms with Gasteiger partial charge in [0.2, 0.25) is 5.95 Å². The van der Waals surface area contributed by atoms with Gasteiger partial charge in [-0.2, -0.15) is 9.97 Å². The Labute approximate surface area is 189 Å². The van der Waals surface area contributed by atoms with Crippen LogP contribution >= 0.6 is 23.2 Å². The quantitative estimate of drug-likeness (QED) is 0.341. The van der Waals surface area contributed by atoms with Crippen LogP contribution in [-0.2, 0) is 0 Å². The molecule has 7 N–H and O–H groups in total. The predicted molar refractivity (Wildman–Crippen MR) is 120 cm³/mol. The lowest BCUT2D eigenvalue weighted by Gasteiger charge is -2.20. The molecule has 4 aromatic rings. The molecule has 164 valence electrons. The summed E-state index contributed by atoms with van der Waals surface area (Å²) >= 11 is 12.4. The number of aromatic nitrogens is 6. The van der Waals surface area contributed by atoms with E-state index in [0.717, 1.165) is 16.7 Å². The summed E-state index contributed by atoms with van der Waals surface area (Å²) in [6.45, 7) is 1.68. The number of rotatable bonds is 4.